The van der Waals surface area contributed by atoms with Crippen molar-refractivity contribution >= 4 is 12.1 Å². The molecule has 0 heterocycles. The number of carbonyl (C=O) groups excluding carboxylic acids is 1. The number of benzene rings is 3. The molecule has 0 aromatic heterocycles. The van der Waals surface area contributed by atoms with Gasteiger partial charge in [0.1, 0.15) is 12.6 Å². The summed E-state index contributed by atoms with van der Waals surface area (Å²) in [5, 5.41) is 9.83. The van der Waals surface area contributed by atoms with Gasteiger partial charge in [-0.3, -0.25) is 4.90 Å². The zero-order chi connectivity index (χ0) is 22.7. The molecule has 164 valence electrons. The summed E-state index contributed by atoms with van der Waals surface area (Å²) in [7, 11) is 0. The van der Waals surface area contributed by atoms with Gasteiger partial charge in [-0.1, -0.05) is 92.7 Å². The molecular formula is C27H27NO4. The Labute approximate surface area is 188 Å². The highest BCUT2D eigenvalue weighted by molar-refractivity contribution is 5.81. The van der Waals surface area contributed by atoms with Crippen LogP contribution in [0.5, 0.6) is 0 Å². The third kappa shape index (κ3) is 4.24. The number of hydrogen-bond donors (Lipinski definition) is 1. The molecule has 1 aliphatic carbocycles. The average Bonchev–Trinajstić information content (AvgIpc) is 3.11. The monoisotopic (exact) mass is 429 g/mol. The zero-order valence-corrected chi connectivity index (χ0v) is 18.3. The first-order chi connectivity index (χ1) is 15.5. The summed E-state index contributed by atoms with van der Waals surface area (Å²) in [6, 6.07) is 24.7. The lowest BCUT2D eigenvalue weighted by Crippen LogP contribution is -2.48. The molecule has 0 fully saturated rings. The molecule has 1 aliphatic rings. The van der Waals surface area contributed by atoms with Gasteiger partial charge in [-0.25, -0.2) is 9.59 Å². The van der Waals surface area contributed by atoms with Crippen molar-refractivity contribution in [1.29, 1.82) is 0 Å². The van der Waals surface area contributed by atoms with Crippen LogP contribution in [0.4, 0.5) is 4.79 Å². The number of amides is 1. The Morgan fingerprint density at radius 1 is 0.875 bits per heavy atom. The largest absolute Gasteiger partial charge is 0.480 e. The van der Waals surface area contributed by atoms with E-state index in [1.807, 2.05) is 54.6 Å². The Morgan fingerprint density at radius 3 is 1.94 bits per heavy atom. The molecule has 0 radical (unpaired) electrons. The van der Waals surface area contributed by atoms with Crippen LogP contribution in [-0.2, 0) is 16.1 Å². The molecule has 0 aliphatic heterocycles. The summed E-state index contributed by atoms with van der Waals surface area (Å²) in [5.41, 5.74) is 5.39. The third-order valence-electron chi connectivity index (χ3n) is 5.99. The van der Waals surface area contributed by atoms with E-state index < -0.39 is 18.1 Å². The molecule has 0 saturated heterocycles. The lowest BCUT2D eigenvalue weighted by Gasteiger charge is -2.31. The summed E-state index contributed by atoms with van der Waals surface area (Å²) in [6.45, 7) is 3.93. The van der Waals surface area contributed by atoms with Gasteiger partial charge >= 0.3 is 12.1 Å². The molecule has 1 amide bonds. The summed E-state index contributed by atoms with van der Waals surface area (Å²) < 4.78 is 5.78. The summed E-state index contributed by atoms with van der Waals surface area (Å²) in [4.78, 5) is 26.6. The molecule has 3 aromatic rings. The number of hydrogen-bond acceptors (Lipinski definition) is 3. The van der Waals surface area contributed by atoms with Gasteiger partial charge in [0.2, 0.25) is 0 Å². The maximum atomic E-state index is 13.2. The van der Waals surface area contributed by atoms with Gasteiger partial charge in [-0.05, 0) is 33.7 Å². The van der Waals surface area contributed by atoms with Gasteiger partial charge in [0, 0.05) is 12.5 Å². The van der Waals surface area contributed by atoms with E-state index in [9.17, 15) is 14.7 Å². The third-order valence-corrected chi connectivity index (χ3v) is 5.99. The minimum Gasteiger partial charge on any atom is -0.480 e. The fourth-order valence-electron chi connectivity index (χ4n) is 4.51. The number of fused-ring (bicyclic) bond motifs is 3. The summed E-state index contributed by atoms with van der Waals surface area (Å²) in [6.07, 6.45) is -0.614. The summed E-state index contributed by atoms with van der Waals surface area (Å²) >= 11 is 0. The number of nitrogens with zero attached hydrogens (tertiary/aromatic N) is 1. The van der Waals surface area contributed by atoms with E-state index >= 15 is 0 Å². The number of carbonyl (C=O) groups is 2. The minimum absolute atomic E-state index is 0.0766. The van der Waals surface area contributed by atoms with E-state index in [-0.39, 0.29) is 25.0 Å². The van der Waals surface area contributed by atoms with Crippen molar-refractivity contribution in [2.75, 3.05) is 6.61 Å². The normalized spacial score (nSPS) is 13.3. The number of carboxylic acid groups (broad SMARTS) is 1. The molecule has 1 atom stereocenters. The predicted octanol–water partition coefficient (Wildman–Crippen LogP) is 5.55. The van der Waals surface area contributed by atoms with Gasteiger partial charge in [0.25, 0.3) is 0 Å². The van der Waals surface area contributed by atoms with Crippen molar-refractivity contribution in [2.45, 2.75) is 32.4 Å². The van der Waals surface area contributed by atoms with Crippen LogP contribution in [0.1, 0.15) is 36.5 Å². The first-order valence-electron chi connectivity index (χ1n) is 10.9. The molecule has 5 heteroatoms. The van der Waals surface area contributed by atoms with Crippen molar-refractivity contribution in [3.8, 4) is 11.1 Å². The van der Waals surface area contributed by atoms with Crippen molar-refractivity contribution in [3.63, 3.8) is 0 Å². The Balaban J connectivity index is 1.58. The van der Waals surface area contributed by atoms with Crippen molar-refractivity contribution in [3.05, 3.63) is 95.6 Å². The quantitative estimate of drug-likeness (QED) is 0.535. The number of carboxylic acids is 1. The van der Waals surface area contributed by atoms with Crippen LogP contribution in [0.2, 0.25) is 0 Å². The van der Waals surface area contributed by atoms with Crippen molar-refractivity contribution in [2.24, 2.45) is 5.92 Å². The van der Waals surface area contributed by atoms with E-state index in [2.05, 4.69) is 24.3 Å². The van der Waals surface area contributed by atoms with Crippen LogP contribution in [0.15, 0.2) is 78.9 Å². The first-order valence-corrected chi connectivity index (χ1v) is 10.9. The van der Waals surface area contributed by atoms with Crippen LogP contribution in [0, 0.1) is 5.92 Å². The van der Waals surface area contributed by atoms with E-state index in [1.165, 1.54) is 4.90 Å². The van der Waals surface area contributed by atoms with Crippen LogP contribution >= 0.6 is 0 Å². The highest BCUT2D eigenvalue weighted by Crippen LogP contribution is 2.44. The van der Waals surface area contributed by atoms with Crippen molar-refractivity contribution < 1.29 is 19.4 Å². The highest BCUT2D eigenvalue weighted by Gasteiger charge is 2.35. The molecular weight excluding hydrogens is 402 g/mol. The van der Waals surface area contributed by atoms with Crippen LogP contribution in [0.25, 0.3) is 11.1 Å². The van der Waals surface area contributed by atoms with Crippen LogP contribution in [-0.4, -0.2) is 34.7 Å². The highest BCUT2D eigenvalue weighted by atomic mass is 16.6. The zero-order valence-electron chi connectivity index (χ0n) is 18.3. The number of aliphatic carboxylic acids is 1. The lowest BCUT2D eigenvalue weighted by molar-refractivity contribution is -0.144. The summed E-state index contributed by atoms with van der Waals surface area (Å²) in [5.74, 6) is -1.38. The molecule has 0 bridgehead atoms. The molecule has 5 nitrogen and oxygen atoms in total. The van der Waals surface area contributed by atoms with Gasteiger partial charge in [-0.15, -0.1) is 0 Å². The van der Waals surface area contributed by atoms with Gasteiger partial charge in [-0.2, -0.15) is 0 Å². The minimum atomic E-state index is -1.04. The molecule has 1 unspecified atom stereocenters. The van der Waals surface area contributed by atoms with Gasteiger partial charge in [0.15, 0.2) is 0 Å². The first kappa shape index (κ1) is 21.6. The lowest BCUT2D eigenvalue weighted by atomic mass is 9.98. The molecule has 3 aromatic carbocycles. The maximum absolute atomic E-state index is 13.2. The van der Waals surface area contributed by atoms with Crippen molar-refractivity contribution in [1.82, 2.24) is 4.90 Å². The molecule has 0 saturated carbocycles. The predicted molar refractivity (Wildman–Crippen MR) is 123 cm³/mol. The van der Waals surface area contributed by atoms with Crippen LogP contribution < -0.4 is 0 Å². The van der Waals surface area contributed by atoms with Gasteiger partial charge < -0.3 is 9.84 Å². The molecule has 4 rings (SSSR count). The molecule has 1 N–H and O–H groups in total. The van der Waals surface area contributed by atoms with E-state index in [1.54, 1.807) is 13.8 Å². The number of ether oxygens (including phenoxy) is 1. The standard InChI is InChI=1S/C27H27NO4/c1-18(2)25(26(29)30)28(16-19-10-4-3-5-11-19)27(31)32-17-24-22-14-8-6-12-20(22)21-13-7-9-15-23(21)24/h3-15,18,24-25H,16-17H2,1-2H3,(H,29,30). The Bertz CT molecular complexity index is 1060. The fourth-order valence-corrected chi connectivity index (χ4v) is 4.51. The molecule has 0 spiro atoms. The Hall–Kier alpha value is -3.60. The Morgan fingerprint density at radius 2 is 1.41 bits per heavy atom. The Kier molecular flexibility index (Phi) is 6.26. The second-order valence-electron chi connectivity index (χ2n) is 8.44. The van der Waals surface area contributed by atoms with E-state index in [0.29, 0.717) is 0 Å². The molecule has 32 heavy (non-hydrogen) atoms. The van der Waals surface area contributed by atoms with Crippen LogP contribution in [0.3, 0.4) is 0 Å². The van der Waals surface area contributed by atoms with E-state index in [4.69, 9.17) is 4.74 Å². The number of rotatable bonds is 7. The van der Waals surface area contributed by atoms with E-state index in [0.717, 1.165) is 27.8 Å². The maximum Gasteiger partial charge on any atom is 0.410 e. The second kappa shape index (κ2) is 9.27. The van der Waals surface area contributed by atoms with Gasteiger partial charge in [0.05, 0.1) is 0 Å². The SMILES string of the molecule is CC(C)C(C(=O)O)N(Cc1ccccc1)C(=O)OCC1c2ccccc2-c2ccccc21. The smallest absolute Gasteiger partial charge is 0.410 e. The fraction of sp³-hybridized carbons (Fsp3) is 0.259. The topological polar surface area (TPSA) is 66.8 Å². The average molecular weight is 430 g/mol. The second-order valence-corrected chi connectivity index (χ2v) is 8.44.